The van der Waals surface area contributed by atoms with Gasteiger partial charge in [-0.1, -0.05) is 36.4 Å². The third kappa shape index (κ3) is 3.34. The molecule has 2 aromatic rings. The lowest BCUT2D eigenvalue weighted by Crippen LogP contribution is -2.19. The number of rotatable bonds is 5. The molecule has 2 aromatic carbocycles. The second kappa shape index (κ2) is 6.36. The molecule has 1 unspecified atom stereocenters. The van der Waals surface area contributed by atoms with Crippen LogP contribution in [0.25, 0.3) is 0 Å². The van der Waals surface area contributed by atoms with E-state index in [1.807, 2.05) is 55.5 Å². The van der Waals surface area contributed by atoms with E-state index in [2.05, 4.69) is 0 Å². The first-order valence-electron chi connectivity index (χ1n) is 6.36. The molecule has 3 nitrogen and oxygen atoms in total. The van der Waals surface area contributed by atoms with Crippen LogP contribution < -0.4 is 10.5 Å². The molecule has 3 heteroatoms. The van der Waals surface area contributed by atoms with Gasteiger partial charge in [0.15, 0.2) is 0 Å². The molecule has 1 atom stereocenters. The Morgan fingerprint density at radius 1 is 1.16 bits per heavy atom. The van der Waals surface area contributed by atoms with Crippen LogP contribution in [0.15, 0.2) is 48.5 Å². The van der Waals surface area contributed by atoms with Gasteiger partial charge in [-0.25, -0.2) is 0 Å². The number of nitrogens with two attached hydrogens (primary N) is 1. The first-order chi connectivity index (χ1) is 9.24. The van der Waals surface area contributed by atoms with Gasteiger partial charge in [0.1, 0.15) is 11.9 Å². The van der Waals surface area contributed by atoms with Crippen LogP contribution in [0.4, 0.5) is 0 Å². The van der Waals surface area contributed by atoms with Gasteiger partial charge in [0.25, 0.3) is 0 Å². The number of aliphatic hydroxyl groups excluding tert-OH is 1. The number of ether oxygens (including phenoxy) is 1. The van der Waals surface area contributed by atoms with Crippen LogP contribution in [-0.2, 0) is 6.61 Å². The van der Waals surface area contributed by atoms with Crippen molar-refractivity contribution in [2.75, 3.05) is 6.54 Å². The lowest BCUT2D eigenvalue weighted by atomic mass is 10.0. The van der Waals surface area contributed by atoms with E-state index in [4.69, 9.17) is 15.6 Å². The van der Waals surface area contributed by atoms with Gasteiger partial charge >= 0.3 is 0 Å². The molecule has 0 bridgehead atoms. The quantitative estimate of drug-likeness (QED) is 0.865. The van der Waals surface area contributed by atoms with Crippen molar-refractivity contribution in [2.45, 2.75) is 19.6 Å². The maximum absolute atomic E-state index is 9.13. The van der Waals surface area contributed by atoms with Gasteiger partial charge in [-0.3, -0.25) is 0 Å². The maximum atomic E-state index is 9.13. The zero-order valence-electron chi connectivity index (χ0n) is 11.0. The SMILES string of the molecule is Cc1ccccc1C(CN)Oc1cccc(CO)c1. The standard InChI is InChI=1S/C16H19NO2/c1-12-5-2-3-8-15(12)16(10-17)19-14-7-4-6-13(9-14)11-18/h2-9,16,18H,10-11,17H2,1H3. The van der Waals surface area contributed by atoms with Crippen LogP contribution in [0.2, 0.25) is 0 Å². The monoisotopic (exact) mass is 257 g/mol. The van der Waals surface area contributed by atoms with E-state index >= 15 is 0 Å². The number of aliphatic hydroxyl groups is 1. The van der Waals surface area contributed by atoms with Crippen molar-refractivity contribution in [3.05, 3.63) is 65.2 Å². The van der Waals surface area contributed by atoms with Crippen molar-refractivity contribution in [3.8, 4) is 5.75 Å². The predicted molar refractivity (Wildman–Crippen MR) is 76.0 cm³/mol. The highest BCUT2D eigenvalue weighted by molar-refractivity contribution is 5.32. The van der Waals surface area contributed by atoms with Crippen LogP contribution in [0.3, 0.4) is 0 Å². The second-order valence-electron chi connectivity index (χ2n) is 4.50. The zero-order valence-corrected chi connectivity index (χ0v) is 11.0. The third-order valence-electron chi connectivity index (χ3n) is 3.11. The second-order valence-corrected chi connectivity index (χ2v) is 4.50. The molecule has 0 radical (unpaired) electrons. The molecule has 0 aromatic heterocycles. The van der Waals surface area contributed by atoms with Crippen molar-refractivity contribution < 1.29 is 9.84 Å². The molecule has 2 rings (SSSR count). The van der Waals surface area contributed by atoms with Gasteiger partial charge in [-0.2, -0.15) is 0 Å². The molecule has 3 N–H and O–H groups in total. The van der Waals surface area contributed by atoms with Crippen LogP contribution in [0.5, 0.6) is 5.75 Å². The van der Waals surface area contributed by atoms with Crippen LogP contribution in [0.1, 0.15) is 22.8 Å². The molecule has 0 saturated carbocycles. The maximum Gasteiger partial charge on any atom is 0.136 e. The summed E-state index contributed by atoms with van der Waals surface area (Å²) in [7, 11) is 0. The fraction of sp³-hybridized carbons (Fsp3) is 0.250. The normalized spacial score (nSPS) is 12.2. The Labute approximate surface area is 113 Å². The largest absolute Gasteiger partial charge is 0.484 e. The molecule has 19 heavy (non-hydrogen) atoms. The lowest BCUT2D eigenvalue weighted by molar-refractivity contribution is 0.212. The number of hydrogen-bond acceptors (Lipinski definition) is 3. The van der Waals surface area contributed by atoms with E-state index in [9.17, 15) is 0 Å². The molecule has 0 spiro atoms. The lowest BCUT2D eigenvalue weighted by Gasteiger charge is -2.20. The summed E-state index contributed by atoms with van der Waals surface area (Å²) < 4.78 is 5.94. The molecule has 0 fully saturated rings. The summed E-state index contributed by atoms with van der Waals surface area (Å²) >= 11 is 0. The van der Waals surface area contributed by atoms with Gasteiger partial charge in [0, 0.05) is 6.54 Å². The number of benzene rings is 2. The van der Waals surface area contributed by atoms with E-state index in [0.717, 1.165) is 22.4 Å². The highest BCUT2D eigenvalue weighted by atomic mass is 16.5. The first kappa shape index (κ1) is 13.6. The van der Waals surface area contributed by atoms with Gasteiger partial charge in [-0.15, -0.1) is 0 Å². The van der Waals surface area contributed by atoms with E-state index in [-0.39, 0.29) is 12.7 Å². The topological polar surface area (TPSA) is 55.5 Å². The average Bonchev–Trinajstić information content (AvgIpc) is 2.46. The molecule has 0 amide bonds. The van der Waals surface area contributed by atoms with Crippen molar-refractivity contribution in [1.29, 1.82) is 0 Å². The van der Waals surface area contributed by atoms with Gasteiger partial charge in [-0.05, 0) is 35.7 Å². The van der Waals surface area contributed by atoms with Crippen LogP contribution in [0, 0.1) is 6.92 Å². The fourth-order valence-electron chi connectivity index (χ4n) is 2.07. The minimum atomic E-state index is -0.171. The van der Waals surface area contributed by atoms with E-state index in [1.54, 1.807) is 0 Å². The Hall–Kier alpha value is -1.84. The van der Waals surface area contributed by atoms with Crippen LogP contribution in [-0.4, -0.2) is 11.7 Å². The minimum Gasteiger partial charge on any atom is -0.484 e. The Morgan fingerprint density at radius 2 is 1.95 bits per heavy atom. The van der Waals surface area contributed by atoms with E-state index in [0.29, 0.717) is 6.54 Å². The number of aryl methyl sites for hydroxylation is 1. The zero-order chi connectivity index (χ0) is 13.7. The first-order valence-corrected chi connectivity index (χ1v) is 6.36. The Bertz CT molecular complexity index is 540. The van der Waals surface area contributed by atoms with E-state index in [1.165, 1.54) is 0 Å². The fourth-order valence-corrected chi connectivity index (χ4v) is 2.07. The summed E-state index contributed by atoms with van der Waals surface area (Å²) in [6, 6.07) is 15.5. The summed E-state index contributed by atoms with van der Waals surface area (Å²) in [6.07, 6.45) is -0.171. The molecule has 100 valence electrons. The van der Waals surface area contributed by atoms with Crippen LogP contribution >= 0.6 is 0 Å². The molecule has 0 saturated heterocycles. The Kier molecular flexibility index (Phi) is 4.55. The van der Waals surface area contributed by atoms with Crippen molar-refractivity contribution >= 4 is 0 Å². The van der Waals surface area contributed by atoms with Crippen molar-refractivity contribution in [1.82, 2.24) is 0 Å². The predicted octanol–water partition coefficient (Wildman–Crippen LogP) is 2.57. The van der Waals surface area contributed by atoms with E-state index < -0.39 is 0 Å². The molecule has 0 aliphatic carbocycles. The molecular formula is C16H19NO2. The highest BCUT2D eigenvalue weighted by Gasteiger charge is 2.13. The molecule has 0 aliphatic rings. The third-order valence-corrected chi connectivity index (χ3v) is 3.11. The summed E-state index contributed by atoms with van der Waals surface area (Å²) in [6.45, 7) is 2.47. The molecular weight excluding hydrogens is 238 g/mol. The Balaban J connectivity index is 2.21. The summed E-state index contributed by atoms with van der Waals surface area (Å²) in [5.41, 5.74) is 8.91. The smallest absolute Gasteiger partial charge is 0.136 e. The van der Waals surface area contributed by atoms with Gasteiger partial charge < -0.3 is 15.6 Å². The van der Waals surface area contributed by atoms with Gasteiger partial charge in [0.2, 0.25) is 0 Å². The Morgan fingerprint density at radius 3 is 2.63 bits per heavy atom. The summed E-state index contributed by atoms with van der Waals surface area (Å²) in [5.74, 6) is 0.727. The minimum absolute atomic E-state index is 0.00879. The summed E-state index contributed by atoms with van der Waals surface area (Å²) in [5, 5.41) is 9.13. The molecule has 0 heterocycles. The summed E-state index contributed by atoms with van der Waals surface area (Å²) in [4.78, 5) is 0. The molecule has 0 aliphatic heterocycles. The number of hydrogen-bond donors (Lipinski definition) is 2. The highest BCUT2D eigenvalue weighted by Crippen LogP contribution is 2.24. The average molecular weight is 257 g/mol. The van der Waals surface area contributed by atoms with Crippen molar-refractivity contribution in [2.24, 2.45) is 5.73 Å². The van der Waals surface area contributed by atoms with Crippen molar-refractivity contribution in [3.63, 3.8) is 0 Å². The van der Waals surface area contributed by atoms with Gasteiger partial charge in [0.05, 0.1) is 6.61 Å².